The van der Waals surface area contributed by atoms with E-state index in [1.54, 1.807) is 24.2 Å². The summed E-state index contributed by atoms with van der Waals surface area (Å²) in [5.74, 6) is 0.265. The van der Waals surface area contributed by atoms with E-state index in [4.69, 9.17) is 9.72 Å². The molecule has 1 atom stereocenters. The highest BCUT2D eigenvalue weighted by Crippen LogP contribution is 2.39. The van der Waals surface area contributed by atoms with E-state index in [1.807, 2.05) is 17.9 Å². The number of rotatable bonds is 6. The number of carbonyl (C=O) groups excluding carboxylic acids is 1. The molecule has 2 heterocycles. The summed E-state index contributed by atoms with van der Waals surface area (Å²) in [5, 5.41) is 12.3. The van der Waals surface area contributed by atoms with Gasteiger partial charge < -0.3 is 25.0 Å². The number of likely N-dealkylation sites (N-methyl/N-ethyl adjacent to an activating group) is 1. The average molecular weight is 435 g/mol. The van der Waals surface area contributed by atoms with Gasteiger partial charge >= 0.3 is 5.97 Å². The van der Waals surface area contributed by atoms with Crippen LogP contribution in [0.2, 0.25) is 0 Å². The van der Waals surface area contributed by atoms with Crippen molar-refractivity contribution in [3.05, 3.63) is 53.9 Å². The number of aromatic carboxylic acids is 1. The maximum atomic E-state index is 13.0. The van der Waals surface area contributed by atoms with Crippen LogP contribution in [0.15, 0.2) is 48.3 Å². The Bertz CT molecular complexity index is 1130. The molecule has 0 bridgehead atoms. The van der Waals surface area contributed by atoms with Gasteiger partial charge in [0.15, 0.2) is 5.82 Å². The summed E-state index contributed by atoms with van der Waals surface area (Å²) in [6.45, 7) is 1.98. The number of carboxylic acids is 1. The Morgan fingerprint density at radius 2 is 2.16 bits per heavy atom. The number of carboxylic acid groups (broad SMARTS) is 1. The normalized spacial score (nSPS) is 17.7. The summed E-state index contributed by atoms with van der Waals surface area (Å²) in [7, 11) is 3.20. The van der Waals surface area contributed by atoms with Crippen molar-refractivity contribution in [3.63, 3.8) is 0 Å². The molecule has 1 aromatic heterocycles. The topological polar surface area (TPSA) is 108 Å². The number of hydrogen-bond acceptors (Lipinski definition) is 7. The fraction of sp³-hybridized carbons (Fsp3) is 0.304. The third kappa shape index (κ3) is 3.77. The van der Waals surface area contributed by atoms with E-state index in [0.29, 0.717) is 35.3 Å². The van der Waals surface area contributed by atoms with E-state index in [1.165, 1.54) is 19.2 Å². The van der Waals surface area contributed by atoms with Gasteiger partial charge in [0.25, 0.3) is 0 Å². The summed E-state index contributed by atoms with van der Waals surface area (Å²) in [6.07, 6.45) is 10.4. The SMILES string of the molecule is CCC1C(=O)N(C)c2cnc(Nc3ccc(C(=O)O)cc3OC)nc2N1C1=CCCC=C1. The van der Waals surface area contributed by atoms with Crippen LogP contribution in [-0.4, -0.2) is 47.2 Å². The van der Waals surface area contributed by atoms with Crippen molar-refractivity contribution in [2.45, 2.75) is 32.2 Å². The van der Waals surface area contributed by atoms with Crippen molar-refractivity contribution < 1.29 is 19.4 Å². The number of methoxy groups -OCH3 is 1. The lowest BCUT2D eigenvalue weighted by molar-refractivity contribution is -0.119. The fourth-order valence-electron chi connectivity index (χ4n) is 3.93. The van der Waals surface area contributed by atoms with Crippen LogP contribution in [0, 0.1) is 0 Å². The number of amides is 1. The summed E-state index contributed by atoms with van der Waals surface area (Å²) in [6, 6.07) is 4.16. The second-order valence-electron chi connectivity index (χ2n) is 7.55. The second-order valence-corrected chi connectivity index (χ2v) is 7.55. The smallest absolute Gasteiger partial charge is 0.335 e. The number of benzene rings is 1. The van der Waals surface area contributed by atoms with Crippen LogP contribution in [0.3, 0.4) is 0 Å². The van der Waals surface area contributed by atoms with Gasteiger partial charge in [-0.1, -0.05) is 19.1 Å². The molecular formula is C23H25N5O4. The second kappa shape index (κ2) is 8.70. The van der Waals surface area contributed by atoms with Gasteiger partial charge in [0, 0.05) is 12.7 Å². The number of anilines is 4. The van der Waals surface area contributed by atoms with Crippen molar-refractivity contribution in [2.24, 2.45) is 0 Å². The molecule has 1 unspecified atom stereocenters. The number of aromatic nitrogens is 2. The zero-order valence-corrected chi connectivity index (χ0v) is 18.2. The molecule has 1 aliphatic heterocycles. The maximum absolute atomic E-state index is 13.0. The van der Waals surface area contributed by atoms with Crippen LogP contribution in [0.25, 0.3) is 0 Å². The number of fused-ring (bicyclic) bond motifs is 1. The molecule has 9 nitrogen and oxygen atoms in total. The first-order valence-corrected chi connectivity index (χ1v) is 10.4. The highest BCUT2D eigenvalue weighted by molar-refractivity contribution is 6.05. The molecule has 0 saturated heterocycles. The van der Waals surface area contributed by atoms with Crippen LogP contribution in [0.4, 0.5) is 23.1 Å². The Morgan fingerprint density at radius 1 is 1.34 bits per heavy atom. The van der Waals surface area contributed by atoms with Gasteiger partial charge in [0.05, 0.1) is 24.6 Å². The lowest BCUT2D eigenvalue weighted by Crippen LogP contribution is -2.52. The lowest BCUT2D eigenvalue weighted by atomic mass is 10.0. The van der Waals surface area contributed by atoms with Gasteiger partial charge in [-0.15, -0.1) is 0 Å². The lowest BCUT2D eigenvalue weighted by Gasteiger charge is -2.41. The van der Waals surface area contributed by atoms with Gasteiger partial charge in [0.2, 0.25) is 11.9 Å². The van der Waals surface area contributed by atoms with Gasteiger partial charge in [-0.05, 0) is 43.5 Å². The summed E-state index contributed by atoms with van der Waals surface area (Å²) < 4.78 is 5.34. The number of nitrogens with zero attached hydrogens (tertiary/aromatic N) is 4. The molecule has 1 amide bonds. The minimum atomic E-state index is -1.04. The highest BCUT2D eigenvalue weighted by atomic mass is 16.5. The number of ether oxygens (including phenoxy) is 1. The predicted octanol–water partition coefficient (Wildman–Crippen LogP) is 3.72. The molecule has 166 valence electrons. The van der Waals surface area contributed by atoms with E-state index in [9.17, 15) is 14.7 Å². The Kier molecular flexibility index (Phi) is 5.81. The van der Waals surface area contributed by atoms with Crippen LogP contribution in [0.5, 0.6) is 5.75 Å². The van der Waals surface area contributed by atoms with E-state index >= 15 is 0 Å². The van der Waals surface area contributed by atoms with E-state index in [2.05, 4.69) is 22.5 Å². The van der Waals surface area contributed by atoms with E-state index in [-0.39, 0.29) is 17.5 Å². The van der Waals surface area contributed by atoms with Gasteiger partial charge in [-0.2, -0.15) is 4.98 Å². The monoisotopic (exact) mass is 435 g/mol. The molecule has 1 aromatic carbocycles. The third-order valence-electron chi connectivity index (χ3n) is 5.60. The summed E-state index contributed by atoms with van der Waals surface area (Å²) in [5.41, 5.74) is 2.22. The number of carbonyl (C=O) groups is 2. The maximum Gasteiger partial charge on any atom is 0.335 e. The Morgan fingerprint density at radius 3 is 2.81 bits per heavy atom. The zero-order chi connectivity index (χ0) is 22.8. The summed E-state index contributed by atoms with van der Waals surface area (Å²) in [4.78, 5) is 37.0. The molecule has 32 heavy (non-hydrogen) atoms. The number of nitrogens with one attached hydrogen (secondary N) is 1. The third-order valence-corrected chi connectivity index (χ3v) is 5.60. The molecule has 9 heteroatoms. The van der Waals surface area contributed by atoms with Crippen molar-refractivity contribution in [3.8, 4) is 5.75 Å². The van der Waals surface area contributed by atoms with Gasteiger partial charge in [-0.25, -0.2) is 9.78 Å². The number of hydrogen-bond donors (Lipinski definition) is 2. The largest absolute Gasteiger partial charge is 0.495 e. The first-order valence-electron chi connectivity index (χ1n) is 10.4. The minimum absolute atomic E-state index is 0.00453. The molecule has 0 saturated carbocycles. The molecule has 2 aliphatic rings. The molecular weight excluding hydrogens is 410 g/mol. The van der Waals surface area contributed by atoms with E-state index in [0.717, 1.165) is 18.5 Å². The Balaban J connectivity index is 1.76. The fourth-order valence-corrected chi connectivity index (χ4v) is 3.93. The summed E-state index contributed by atoms with van der Waals surface area (Å²) >= 11 is 0. The van der Waals surface area contributed by atoms with Crippen molar-refractivity contribution in [2.75, 3.05) is 29.3 Å². The van der Waals surface area contributed by atoms with Crippen LogP contribution >= 0.6 is 0 Å². The Hall–Kier alpha value is -3.88. The van der Waals surface area contributed by atoms with Crippen LogP contribution in [-0.2, 0) is 4.79 Å². The van der Waals surface area contributed by atoms with Crippen molar-refractivity contribution in [1.29, 1.82) is 0 Å². The van der Waals surface area contributed by atoms with Crippen LogP contribution in [0.1, 0.15) is 36.5 Å². The molecule has 0 spiro atoms. The first-order chi connectivity index (χ1) is 15.4. The standard InChI is InChI=1S/C23H25N5O4/c1-4-17-21(29)27(2)18-13-24-23(26-20(18)28(17)15-8-6-5-7-9-15)25-16-11-10-14(22(30)31)12-19(16)32-3/h6,8-13,17H,4-5,7H2,1-3H3,(H,30,31)(H,24,25,26). The minimum Gasteiger partial charge on any atom is -0.495 e. The zero-order valence-electron chi connectivity index (χ0n) is 18.2. The van der Waals surface area contributed by atoms with Gasteiger partial charge in [0.1, 0.15) is 17.5 Å². The van der Waals surface area contributed by atoms with Crippen molar-refractivity contribution in [1.82, 2.24) is 9.97 Å². The predicted molar refractivity (Wildman–Crippen MR) is 122 cm³/mol. The molecule has 2 N–H and O–H groups in total. The quantitative estimate of drug-likeness (QED) is 0.707. The molecule has 0 fully saturated rings. The molecule has 0 radical (unpaired) electrons. The highest BCUT2D eigenvalue weighted by Gasteiger charge is 2.38. The molecule has 2 aromatic rings. The average Bonchev–Trinajstić information content (AvgIpc) is 2.81. The van der Waals surface area contributed by atoms with Crippen molar-refractivity contribution >= 4 is 35.0 Å². The van der Waals surface area contributed by atoms with E-state index < -0.39 is 5.97 Å². The van der Waals surface area contributed by atoms with Gasteiger partial charge in [-0.3, -0.25) is 4.79 Å². The Labute approximate surface area is 186 Å². The molecule has 1 aliphatic carbocycles. The number of allylic oxidation sites excluding steroid dienone is 3. The molecule has 4 rings (SSSR count). The first kappa shape index (κ1) is 21.4. The van der Waals surface area contributed by atoms with Crippen LogP contribution < -0.4 is 19.9 Å².